The fraction of sp³-hybridized carbons (Fsp3) is 0.462. The van der Waals surface area contributed by atoms with Crippen molar-refractivity contribution in [2.24, 2.45) is 0 Å². The molecule has 2 aliphatic rings. The Hall–Kier alpha value is -2.21. The van der Waals surface area contributed by atoms with Crippen molar-refractivity contribution in [1.29, 1.82) is 0 Å². The summed E-state index contributed by atoms with van der Waals surface area (Å²) in [6.07, 6.45) is 6.02. The normalized spacial score (nSPS) is 17.7. The number of rotatable bonds is 3. The Morgan fingerprint density at radius 3 is 2.23 bits per heavy atom. The number of benzene rings is 1. The first kappa shape index (κ1) is 25.1. The SMILES string of the molecule is C=c1ccn(-c2ccc(F)cc2)/c1=C/C=C(C)C.CC.CN1CC(N2CCNCC2)C1. The van der Waals surface area contributed by atoms with Crippen molar-refractivity contribution >= 4 is 12.7 Å². The number of nitrogens with one attached hydrogen (secondary N) is 1. The van der Waals surface area contributed by atoms with Crippen LogP contribution >= 0.6 is 0 Å². The van der Waals surface area contributed by atoms with Gasteiger partial charge < -0.3 is 14.8 Å². The van der Waals surface area contributed by atoms with Gasteiger partial charge >= 0.3 is 0 Å². The molecule has 0 atom stereocenters. The molecule has 0 saturated carbocycles. The number of hydrogen-bond donors (Lipinski definition) is 1. The molecule has 1 aromatic heterocycles. The van der Waals surface area contributed by atoms with Gasteiger partial charge in [0.2, 0.25) is 0 Å². The Morgan fingerprint density at radius 2 is 1.68 bits per heavy atom. The number of halogens is 1. The third-order valence-corrected chi connectivity index (χ3v) is 5.41. The van der Waals surface area contributed by atoms with Crippen molar-refractivity contribution in [3.05, 3.63) is 64.6 Å². The summed E-state index contributed by atoms with van der Waals surface area (Å²) >= 11 is 0. The Kier molecular flexibility index (Phi) is 10.2. The predicted octanol–water partition coefficient (Wildman–Crippen LogP) is 3.01. The molecule has 0 unspecified atom stereocenters. The number of likely N-dealkylation sites (N-methyl/N-ethyl adjacent to an activating group) is 1. The highest BCUT2D eigenvalue weighted by molar-refractivity contribution is 5.42. The topological polar surface area (TPSA) is 23.4 Å². The van der Waals surface area contributed by atoms with E-state index in [-0.39, 0.29) is 5.82 Å². The van der Waals surface area contributed by atoms with Crippen molar-refractivity contribution in [2.45, 2.75) is 33.7 Å². The number of aromatic nitrogens is 1. The van der Waals surface area contributed by atoms with Crippen LogP contribution in [0.3, 0.4) is 0 Å². The van der Waals surface area contributed by atoms with Gasteiger partial charge in [-0.15, -0.1) is 0 Å². The van der Waals surface area contributed by atoms with E-state index in [1.165, 1.54) is 57.0 Å². The summed E-state index contributed by atoms with van der Waals surface area (Å²) in [5, 5.41) is 5.35. The zero-order chi connectivity index (χ0) is 22.8. The van der Waals surface area contributed by atoms with Gasteiger partial charge in [-0.05, 0) is 62.5 Å². The van der Waals surface area contributed by atoms with Crippen LogP contribution in [0.15, 0.2) is 48.2 Å². The maximum Gasteiger partial charge on any atom is 0.123 e. The molecule has 2 aromatic rings. The van der Waals surface area contributed by atoms with Crippen molar-refractivity contribution < 1.29 is 4.39 Å². The van der Waals surface area contributed by atoms with Gasteiger partial charge in [-0.25, -0.2) is 4.39 Å². The van der Waals surface area contributed by atoms with Crippen LogP contribution in [-0.4, -0.2) is 66.7 Å². The number of likely N-dealkylation sites (tertiary alicyclic amines) is 1. The minimum absolute atomic E-state index is 0.226. The van der Waals surface area contributed by atoms with Crippen LogP contribution in [0, 0.1) is 5.82 Å². The van der Waals surface area contributed by atoms with E-state index in [2.05, 4.69) is 28.7 Å². The predicted molar refractivity (Wildman–Crippen MR) is 131 cm³/mol. The average Bonchev–Trinajstić information content (AvgIpc) is 3.13. The molecular weight excluding hydrogens is 387 g/mol. The molecule has 0 radical (unpaired) electrons. The molecule has 0 amide bonds. The second-order valence-corrected chi connectivity index (χ2v) is 8.14. The number of allylic oxidation sites excluding steroid dienone is 2. The van der Waals surface area contributed by atoms with Gasteiger partial charge in [0.1, 0.15) is 5.82 Å². The van der Waals surface area contributed by atoms with Crippen LogP contribution in [0.1, 0.15) is 27.7 Å². The van der Waals surface area contributed by atoms with Gasteiger partial charge in [-0.2, -0.15) is 0 Å². The lowest BCUT2D eigenvalue weighted by atomic mass is 10.1. The molecule has 31 heavy (non-hydrogen) atoms. The average molecular weight is 427 g/mol. The van der Waals surface area contributed by atoms with E-state index in [1.807, 2.05) is 56.7 Å². The van der Waals surface area contributed by atoms with Crippen LogP contribution in [-0.2, 0) is 0 Å². The lowest BCUT2D eigenvalue weighted by molar-refractivity contribution is 0.0446. The third-order valence-electron chi connectivity index (χ3n) is 5.41. The monoisotopic (exact) mass is 426 g/mol. The molecule has 1 N–H and O–H groups in total. The van der Waals surface area contributed by atoms with E-state index in [4.69, 9.17) is 0 Å². The minimum Gasteiger partial charge on any atom is -0.317 e. The quantitative estimate of drug-likeness (QED) is 0.816. The molecule has 4 nitrogen and oxygen atoms in total. The maximum atomic E-state index is 12.9. The lowest BCUT2D eigenvalue weighted by Crippen LogP contribution is -2.61. The van der Waals surface area contributed by atoms with Crippen molar-refractivity contribution in [3.8, 4) is 5.69 Å². The lowest BCUT2D eigenvalue weighted by Gasteiger charge is -2.45. The van der Waals surface area contributed by atoms with Crippen LogP contribution < -0.4 is 15.9 Å². The highest BCUT2D eigenvalue weighted by atomic mass is 19.1. The third kappa shape index (κ3) is 7.46. The molecule has 1 aromatic carbocycles. The Bertz CT molecular complexity index is 913. The van der Waals surface area contributed by atoms with Crippen molar-refractivity contribution in [1.82, 2.24) is 19.7 Å². The molecule has 0 spiro atoms. The van der Waals surface area contributed by atoms with Gasteiger partial charge in [0.25, 0.3) is 0 Å². The smallest absolute Gasteiger partial charge is 0.123 e. The van der Waals surface area contributed by atoms with E-state index in [0.29, 0.717) is 0 Å². The first-order valence-corrected chi connectivity index (χ1v) is 11.3. The van der Waals surface area contributed by atoms with E-state index in [0.717, 1.165) is 22.3 Å². The van der Waals surface area contributed by atoms with Gasteiger partial charge in [-0.1, -0.05) is 32.1 Å². The van der Waals surface area contributed by atoms with E-state index in [1.54, 1.807) is 12.1 Å². The number of hydrogen-bond acceptors (Lipinski definition) is 3. The molecular formula is C26H39FN4. The summed E-state index contributed by atoms with van der Waals surface area (Å²) in [7, 11) is 2.19. The fourth-order valence-corrected chi connectivity index (χ4v) is 3.69. The first-order chi connectivity index (χ1) is 14.9. The Balaban J connectivity index is 0.000000224. The maximum absolute atomic E-state index is 12.9. The fourth-order valence-electron chi connectivity index (χ4n) is 3.69. The highest BCUT2D eigenvalue weighted by Gasteiger charge is 2.29. The number of nitrogens with zero attached hydrogens (tertiary/aromatic N) is 3. The summed E-state index contributed by atoms with van der Waals surface area (Å²) in [5.41, 5.74) is 2.15. The first-order valence-electron chi connectivity index (χ1n) is 11.3. The minimum atomic E-state index is -0.226. The molecule has 0 bridgehead atoms. The summed E-state index contributed by atoms with van der Waals surface area (Å²) in [5.74, 6) is -0.226. The van der Waals surface area contributed by atoms with E-state index < -0.39 is 0 Å². The van der Waals surface area contributed by atoms with Crippen LogP contribution in [0.2, 0.25) is 0 Å². The zero-order valence-corrected chi connectivity index (χ0v) is 19.9. The Labute approximate surface area is 187 Å². The van der Waals surface area contributed by atoms with Crippen LogP contribution in [0.25, 0.3) is 18.3 Å². The summed E-state index contributed by atoms with van der Waals surface area (Å²) in [6, 6.07) is 9.25. The largest absolute Gasteiger partial charge is 0.317 e. The highest BCUT2D eigenvalue weighted by Crippen LogP contribution is 2.12. The second-order valence-electron chi connectivity index (χ2n) is 8.14. The van der Waals surface area contributed by atoms with Gasteiger partial charge in [-0.3, -0.25) is 4.90 Å². The summed E-state index contributed by atoms with van der Waals surface area (Å²) in [4.78, 5) is 4.99. The summed E-state index contributed by atoms with van der Waals surface area (Å²) in [6.45, 7) is 19.5. The van der Waals surface area contributed by atoms with Crippen LogP contribution in [0.4, 0.5) is 4.39 Å². The molecule has 5 heteroatoms. The molecule has 3 heterocycles. The van der Waals surface area contributed by atoms with Gasteiger partial charge in [0.15, 0.2) is 0 Å². The van der Waals surface area contributed by atoms with Crippen molar-refractivity contribution in [3.63, 3.8) is 0 Å². The van der Waals surface area contributed by atoms with E-state index in [9.17, 15) is 4.39 Å². The number of piperazine rings is 1. The standard InChI is InChI=1S/C16H16FN.C8H17N3.C2H6/c1-12(2)4-9-16-13(3)10-11-18(16)15-7-5-14(17)6-8-15;1-10-6-8(7-10)11-4-2-9-3-5-11;1-2/h4-11H,3H2,1-2H3;8-9H,2-7H2,1H3;1-2H3/b16-9+;;. The molecule has 2 aliphatic heterocycles. The van der Waals surface area contributed by atoms with E-state index >= 15 is 0 Å². The van der Waals surface area contributed by atoms with Crippen LogP contribution in [0.5, 0.6) is 0 Å². The van der Waals surface area contributed by atoms with Gasteiger partial charge in [0, 0.05) is 57.2 Å². The summed E-state index contributed by atoms with van der Waals surface area (Å²) < 4.78 is 14.9. The second kappa shape index (κ2) is 12.6. The molecule has 2 fully saturated rings. The zero-order valence-electron chi connectivity index (χ0n) is 19.9. The molecule has 4 rings (SSSR count). The van der Waals surface area contributed by atoms with Crippen molar-refractivity contribution in [2.75, 3.05) is 46.3 Å². The van der Waals surface area contributed by atoms with Gasteiger partial charge in [0.05, 0.1) is 5.35 Å². The Morgan fingerprint density at radius 1 is 1.06 bits per heavy atom. The molecule has 0 aliphatic carbocycles. The molecule has 170 valence electrons. The molecule has 2 saturated heterocycles.